The zero-order valence-corrected chi connectivity index (χ0v) is 17.1. The van der Waals surface area contributed by atoms with Crippen LogP contribution in [-0.2, 0) is 0 Å². The van der Waals surface area contributed by atoms with E-state index >= 15 is 0 Å². The average molecular weight is 435 g/mol. The van der Waals surface area contributed by atoms with E-state index in [4.69, 9.17) is 0 Å². The maximum absolute atomic E-state index is 14.0. The standard InChI is InChI=1S/C21H18FN7O3/c1-12(2)28-11-23-17-18(26-21(22)27-19(17)28)24-14-4-3-5-15(10-14)25-20(30)13-6-8-16(9-7-13)29(31)32/h3-12H,1-2H3,(H,25,30)(H,24,26,27). The Morgan fingerprint density at radius 2 is 1.84 bits per heavy atom. The third-order valence-electron chi connectivity index (χ3n) is 4.67. The molecule has 2 N–H and O–H groups in total. The van der Waals surface area contributed by atoms with Crippen molar-refractivity contribution < 1.29 is 14.1 Å². The highest BCUT2D eigenvalue weighted by Crippen LogP contribution is 2.26. The molecule has 10 nitrogen and oxygen atoms in total. The van der Waals surface area contributed by atoms with E-state index in [0.29, 0.717) is 22.5 Å². The summed E-state index contributed by atoms with van der Waals surface area (Å²) in [5.74, 6) is -0.228. The van der Waals surface area contributed by atoms with Crippen LogP contribution >= 0.6 is 0 Å². The number of anilines is 3. The maximum Gasteiger partial charge on any atom is 0.312 e. The second-order valence-corrected chi connectivity index (χ2v) is 7.22. The van der Waals surface area contributed by atoms with Crippen LogP contribution in [0, 0.1) is 16.2 Å². The Balaban J connectivity index is 1.56. The Kier molecular flexibility index (Phi) is 5.46. The van der Waals surface area contributed by atoms with Gasteiger partial charge in [0.2, 0.25) is 0 Å². The zero-order chi connectivity index (χ0) is 22.8. The highest BCUT2D eigenvalue weighted by molar-refractivity contribution is 6.04. The molecule has 0 radical (unpaired) electrons. The molecule has 0 unspecified atom stereocenters. The fraction of sp³-hybridized carbons (Fsp3) is 0.143. The number of rotatable bonds is 6. The molecule has 2 aromatic heterocycles. The first-order valence-electron chi connectivity index (χ1n) is 9.65. The molecule has 0 saturated heterocycles. The minimum atomic E-state index is -0.884. The number of carbonyl (C=O) groups is 1. The molecule has 4 aromatic rings. The molecule has 0 spiro atoms. The second kappa shape index (κ2) is 8.38. The van der Waals surface area contributed by atoms with Crippen LogP contribution in [0.25, 0.3) is 11.2 Å². The monoisotopic (exact) mass is 435 g/mol. The van der Waals surface area contributed by atoms with E-state index in [-0.39, 0.29) is 23.1 Å². The number of amides is 1. The summed E-state index contributed by atoms with van der Waals surface area (Å²) < 4.78 is 15.8. The molecule has 0 aliphatic heterocycles. The molecular weight excluding hydrogens is 417 g/mol. The number of nitrogens with one attached hydrogen (secondary N) is 2. The molecule has 2 heterocycles. The van der Waals surface area contributed by atoms with Gasteiger partial charge in [0, 0.05) is 35.1 Å². The van der Waals surface area contributed by atoms with E-state index in [1.807, 2.05) is 13.8 Å². The molecule has 0 fully saturated rings. The summed E-state index contributed by atoms with van der Waals surface area (Å²) in [5, 5.41) is 16.5. The van der Waals surface area contributed by atoms with Crippen LogP contribution in [0.1, 0.15) is 30.2 Å². The third kappa shape index (κ3) is 4.21. The normalized spacial score (nSPS) is 11.0. The maximum atomic E-state index is 14.0. The van der Waals surface area contributed by atoms with Crippen LogP contribution in [0.2, 0.25) is 0 Å². The van der Waals surface area contributed by atoms with Gasteiger partial charge in [-0.05, 0) is 44.2 Å². The van der Waals surface area contributed by atoms with Crippen LogP contribution in [0.5, 0.6) is 0 Å². The lowest BCUT2D eigenvalue weighted by atomic mass is 10.2. The van der Waals surface area contributed by atoms with Gasteiger partial charge in [-0.15, -0.1) is 0 Å². The van der Waals surface area contributed by atoms with Gasteiger partial charge in [0.15, 0.2) is 17.0 Å². The van der Waals surface area contributed by atoms with Gasteiger partial charge in [-0.25, -0.2) is 4.98 Å². The van der Waals surface area contributed by atoms with E-state index in [1.54, 1.807) is 35.2 Å². The SMILES string of the molecule is CC(C)n1cnc2c(Nc3cccc(NC(=O)c4ccc([N+](=O)[O-])cc4)c3)nc(F)nc21. The van der Waals surface area contributed by atoms with E-state index in [9.17, 15) is 19.3 Å². The van der Waals surface area contributed by atoms with Crippen molar-refractivity contribution >= 4 is 40.0 Å². The summed E-state index contributed by atoms with van der Waals surface area (Å²) in [6.07, 6.45) is 0.695. The predicted octanol–water partition coefficient (Wildman–Crippen LogP) is 4.45. The second-order valence-electron chi connectivity index (χ2n) is 7.22. The molecule has 162 valence electrons. The van der Waals surface area contributed by atoms with E-state index in [2.05, 4.69) is 25.6 Å². The average Bonchev–Trinajstić information content (AvgIpc) is 3.18. The first kappa shape index (κ1) is 20.8. The van der Waals surface area contributed by atoms with Crippen molar-refractivity contribution in [2.45, 2.75) is 19.9 Å². The van der Waals surface area contributed by atoms with Crippen LogP contribution in [0.15, 0.2) is 54.9 Å². The summed E-state index contributed by atoms with van der Waals surface area (Å²) in [7, 11) is 0. The smallest absolute Gasteiger partial charge is 0.312 e. The number of hydrogen-bond acceptors (Lipinski definition) is 7. The van der Waals surface area contributed by atoms with Crippen molar-refractivity contribution in [3.63, 3.8) is 0 Å². The van der Waals surface area contributed by atoms with Crippen molar-refractivity contribution in [1.29, 1.82) is 0 Å². The van der Waals surface area contributed by atoms with Gasteiger partial charge in [-0.1, -0.05) is 6.07 Å². The molecule has 2 aromatic carbocycles. The van der Waals surface area contributed by atoms with Crippen molar-refractivity contribution in [2.75, 3.05) is 10.6 Å². The van der Waals surface area contributed by atoms with Crippen LogP contribution in [-0.4, -0.2) is 30.3 Å². The van der Waals surface area contributed by atoms with Gasteiger partial charge in [0.1, 0.15) is 0 Å². The fourth-order valence-corrected chi connectivity index (χ4v) is 3.10. The number of carbonyl (C=O) groups excluding carboxylic acids is 1. The number of non-ortho nitro benzene ring substituents is 1. The number of imidazole rings is 1. The molecule has 0 aliphatic rings. The molecule has 4 rings (SSSR count). The quantitative estimate of drug-likeness (QED) is 0.260. The number of aromatic nitrogens is 4. The first-order valence-corrected chi connectivity index (χ1v) is 9.65. The van der Waals surface area contributed by atoms with Gasteiger partial charge in [-0.2, -0.15) is 14.4 Å². The Labute approximate surface area is 181 Å². The summed E-state index contributed by atoms with van der Waals surface area (Å²) in [4.78, 5) is 34.7. The fourth-order valence-electron chi connectivity index (χ4n) is 3.10. The molecular formula is C21H18FN7O3. The van der Waals surface area contributed by atoms with E-state index in [0.717, 1.165) is 0 Å². The summed E-state index contributed by atoms with van der Waals surface area (Å²) >= 11 is 0. The van der Waals surface area contributed by atoms with Crippen molar-refractivity contribution in [3.8, 4) is 0 Å². The first-order chi connectivity index (χ1) is 15.3. The minimum Gasteiger partial charge on any atom is -0.338 e. The molecule has 1 amide bonds. The molecule has 0 bridgehead atoms. The topological polar surface area (TPSA) is 128 Å². The van der Waals surface area contributed by atoms with Crippen molar-refractivity contribution in [1.82, 2.24) is 19.5 Å². The van der Waals surface area contributed by atoms with Gasteiger partial charge in [0.25, 0.3) is 11.6 Å². The highest BCUT2D eigenvalue weighted by atomic mass is 19.1. The van der Waals surface area contributed by atoms with Gasteiger partial charge >= 0.3 is 6.08 Å². The highest BCUT2D eigenvalue weighted by Gasteiger charge is 2.15. The Hall–Kier alpha value is -4.41. The molecule has 11 heteroatoms. The van der Waals surface area contributed by atoms with Crippen molar-refractivity contribution in [3.05, 3.63) is 76.6 Å². The van der Waals surface area contributed by atoms with Crippen LogP contribution in [0.3, 0.4) is 0 Å². The lowest BCUT2D eigenvalue weighted by molar-refractivity contribution is -0.384. The molecule has 0 aliphatic carbocycles. The van der Waals surface area contributed by atoms with Gasteiger partial charge < -0.3 is 15.2 Å². The van der Waals surface area contributed by atoms with Gasteiger partial charge in [-0.3, -0.25) is 14.9 Å². The van der Waals surface area contributed by atoms with E-state index < -0.39 is 16.9 Å². The number of fused-ring (bicyclic) bond motifs is 1. The van der Waals surface area contributed by atoms with Crippen LogP contribution < -0.4 is 10.6 Å². The van der Waals surface area contributed by atoms with Gasteiger partial charge in [0.05, 0.1) is 11.3 Å². The van der Waals surface area contributed by atoms with E-state index in [1.165, 1.54) is 24.3 Å². The summed E-state index contributed by atoms with van der Waals surface area (Å²) in [6.45, 7) is 3.87. The minimum absolute atomic E-state index is 0.0418. The number of nitrogens with zero attached hydrogens (tertiary/aromatic N) is 5. The Morgan fingerprint density at radius 1 is 1.12 bits per heavy atom. The summed E-state index contributed by atoms with van der Waals surface area (Å²) in [5.41, 5.74) is 1.98. The predicted molar refractivity (Wildman–Crippen MR) is 116 cm³/mol. The van der Waals surface area contributed by atoms with Crippen molar-refractivity contribution in [2.24, 2.45) is 0 Å². The molecule has 32 heavy (non-hydrogen) atoms. The number of nitro benzene ring substituents is 1. The lowest BCUT2D eigenvalue weighted by Gasteiger charge is -2.11. The largest absolute Gasteiger partial charge is 0.338 e. The zero-order valence-electron chi connectivity index (χ0n) is 17.1. The lowest BCUT2D eigenvalue weighted by Crippen LogP contribution is -2.12. The molecule has 0 atom stereocenters. The number of nitro groups is 1. The Morgan fingerprint density at radius 3 is 2.53 bits per heavy atom. The number of hydrogen-bond donors (Lipinski definition) is 2. The Bertz CT molecular complexity index is 1320. The number of benzene rings is 2. The third-order valence-corrected chi connectivity index (χ3v) is 4.67. The summed E-state index contributed by atoms with van der Waals surface area (Å²) in [6, 6.07) is 12.1. The number of halogens is 1. The van der Waals surface area contributed by atoms with Crippen LogP contribution in [0.4, 0.5) is 27.3 Å². The molecule has 0 saturated carbocycles.